The van der Waals surface area contributed by atoms with E-state index in [1.54, 1.807) is 16.9 Å². The van der Waals surface area contributed by atoms with Gasteiger partial charge in [0.15, 0.2) is 11.3 Å². The lowest BCUT2D eigenvalue weighted by molar-refractivity contribution is 0.102. The van der Waals surface area contributed by atoms with Gasteiger partial charge in [-0.1, -0.05) is 12.1 Å². The van der Waals surface area contributed by atoms with Crippen molar-refractivity contribution in [3.63, 3.8) is 0 Å². The number of amides is 1. The monoisotopic (exact) mass is 486 g/mol. The summed E-state index contributed by atoms with van der Waals surface area (Å²) in [4.78, 5) is 17.2. The first-order chi connectivity index (χ1) is 15.0. The lowest BCUT2D eigenvalue weighted by atomic mass is 10.2. The first-order valence-electron chi connectivity index (χ1n) is 9.73. The molecule has 0 unspecified atom stereocenters. The molecule has 0 atom stereocenters. The third-order valence-corrected chi connectivity index (χ3v) is 5.47. The summed E-state index contributed by atoms with van der Waals surface area (Å²) in [6.45, 7) is 0.537. The van der Waals surface area contributed by atoms with Gasteiger partial charge in [-0.25, -0.2) is 18.3 Å². The summed E-state index contributed by atoms with van der Waals surface area (Å²) < 4.78 is 30.8. The number of hydrogen-bond acceptors (Lipinski definition) is 4. The zero-order chi connectivity index (χ0) is 21.5. The molecule has 31 heavy (non-hydrogen) atoms. The van der Waals surface area contributed by atoms with Crippen molar-refractivity contribution in [2.24, 2.45) is 0 Å². The van der Waals surface area contributed by atoms with Crippen LogP contribution in [0.3, 0.4) is 0 Å². The molecule has 10 heteroatoms. The maximum absolute atomic E-state index is 13.5. The number of carbonyl (C=O) groups excluding carboxylic acids is 1. The SMILES string of the molecule is O=C(Nc1cccc(Cn2cc(Br)cn2)c1)c1cc2nc(C3CC3)cc(C(F)F)n2n1. The predicted molar refractivity (Wildman–Crippen MR) is 113 cm³/mol. The van der Waals surface area contributed by atoms with Gasteiger partial charge >= 0.3 is 0 Å². The quantitative estimate of drug-likeness (QED) is 0.424. The molecular weight excluding hydrogens is 470 g/mol. The molecule has 0 spiro atoms. The van der Waals surface area contributed by atoms with Crippen LogP contribution >= 0.6 is 15.9 Å². The number of hydrogen-bond donors (Lipinski definition) is 1. The van der Waals surface area contributed by atoms with Crippen LogP contribution in [0.15, 0.2) is 53.3 Å². The maximum atomic E-state index is 13.5. The van der Waals surface area contributed by atoms with Crippen molar-refractivity contribution in [2.75, 3.05) is 5.32 Å². The van der Waals surface area contributed by atoms with Crippen molar-refractivity contribution in [3.8, 4) is 0 Å². The first kappa shape index (κ1) is 19.8. The highest BCUT2D eigenvalue weighted by molar-refractivity contribution is 9.10. The molecule has 1 saturated carbocycles. The first-order valence-corrected chi connectivity index (χ1v) is 10.5. The van der Waals surface area contributed by atoms with Gasteiger partial charge in [0.1, 0.15) is 5.69 Å². The van der Waals surface area contributed by atoms with E-state index < -0.39 is 12.3 Å². The van der Waals surface area contributed by atoms with Gasteiger partial charge in [-0.05, 0) is 52.5 Å². The topological polar surface area (TPSA) is 77.1 Å². The minimum absolute atomic E-state index is 0.0313. The van der Waals surface area contributed by atoms with Gasteiger partial charge in [0.05, 0.1) is 17.2 Å². The molecule has 0 bridgehead atoms. The normalized spacial score (nSPS) is 13.8. The molecule has 3 aromatic heterocycles. The predicted octanol–water partition coefficient (Wildman–Crippen LogP) is 4.80. The van der Waals surface area contributed by atoms with Gasteiger partial charge in [-0.3, -0.25) is 9.48 Å². The Balaban J connectivity index is 1.39. The third-order valence-electron chi connectivity index (χ3n) is 5.06. The highest BCUT2D eigenvalue weighted by Gasteiger charge is 2.28. The Kier molecular flexibility index (Phi) is 5.01. The molecule has 1 aromatic carbocycles. The van der Waals surface area contributed by atoms with Gasteiger partial charge in [0.2, 0.25) is 0 Å². The van der Waals surface area contributed by atoms with E-state index in [1.165, 1.54) is 12.1 Å². The molecule has 1 fully saturated rings. The lowest BCUT2D eigenvalue weighted by Gasteiger charge is -2.07. The summed E-state index contributed by atoms with van der Waals surface area (Å²) in [5.74, 6) is -0.273. The van der Waals surface area contributed by atoms with E-state index in [1.807, 2.05) is 24.4 Å². The summed E-state index contributed by atoms with van der Waals surface area (Å²) in [5, 5.41) is 11.1. The van der Waals surface area contributed by atoms with Crippen LogP contribution in [0, 0.1) is 0 Å². The van der Waals surface area contributed by atoms with E-state index in [0.29, 0.717) is 17.9 Å². The van der Waals surface area contributed by atoms with Gasteiger partial charge in [-0.15, -0.1) is 0 Å². The summed E-state index contributed by atoms with van der Waals surface area (Å²) in [5.41, 5.74) is 2.18. The summed E-state index contributed by atoms with van der Waals surface area (Å²) in [6, 6.07) is 10.2. The van der Waals surface area contributed by atoms with E-state index in [-0.39, 0.29) is 23.0 Å². The Morgan fingerprint density at radius 2 is 2.10 bits per heavy atom. The Morgan fingerprint density at radius 1 is 1.26 bits per heavy atom. The minimum Gasteiger partial charge on any atom is -0.321 e. The second-order valence-electron chi connectivity index (χ2n) is 7.49. The van der Waals surface area contributed by atoms with Crippen molar-refractivity contribution >= 4 is 33.2 Å². The van der Waals surface area contributed by atoms with Crippen LogP contribution in [-0.2, 0) is 6.54 Å². The average Bonchev–Trinajstić information content (AvgIpc) is 3.37. The number of fused-ring (bicyclic) bond motifs is 1. The van der Waals surface area contributed by atoms with Crippen LogP contribution in [0.1, 0.15) is 52.6 Å². The molecular formula is C21H17BrF2N6O. The molecule has 1 N–H and O–H groups in total. The van der Waals surface area contributed by atoms with E-state index in [2.05, 4.69) is 36.4 Å². The molecule has 158 valence electrons. The zero-order valence-electron chi connectivity index (χ0n) is 16.2. The molecule has 4 aromatic rings. The third kappa shape index (κ3) is 4.20. The van der Waals surface area contributed by atoms with Crippen molar-refractivity contribution in [1.82, 2.24) is 24.4 Å². The van der Waals surface area contributed by atoms with E-state index in [4.69, 9.17) is 0 Å². The van der Waals surface area contributed by atoms with E-state index in [0.717, 1.165) is 27.4 Å². The lowest BCUT2D eigenvalue weighted by Crippen LogP contribution is -2.13. The van der Waals surface area contributed by atoms with E-state index in [9.17, 15) is 13.6 Å². The molecule has 1 amide bonds. The molecule has 3 heterocycles. The van der Waals surface area contributed by atoms with Crippen molar-refractivity contribution in [1.29, 1.82) is 0 Å². The second kappa shape index (κ2) is 7.84. The van der Waals surface area contributed by atoms with Crippen LogP contribution in [0.2, 0.25) is 0 Å². The highest BCUT2D eigenvalue weighted by Crippen LogP contribution is 2.40. The molecule has 0 radical (unpaired) electrons. The Labute approximate surface area is 184 Å². The second-order valence-corrected chi connectivity index (χ2v) is 8.41. The molecule has 0 aliphatic heterocycles. The fraction of sp³-hybridized carbons (Fsp3) is 0.238. The maximum Gasteiger partial charge on any atom is 0.280 e. The number of benzene rings is 1. The number of carbonyl (C=O) groups is 1. The van der Waals surface area contributed by atoms with Crippen LogP contribution < -0.4 is 5.32 Å². The molecule has 0 saturated heterocycles. The minimum atomic E-state index is -2.71. The average molecular weight is 487 g/mol. The van der Waals surface area contributed by atoms with Crippen molar-refractivity contribution < 1.29 is 13.6 Å². The number of aromatic nitrogens is 5. The Morgan fingerprint density at radius 3 is 2.81 bits per heavy atom. The van der Waals surface area contributed by atoms with Gasteiger partial charge in [0.25, 0.3) is 12.3 Å². The number of anilines is 1. The molecule has 7 nitrogen and oxygen atoms in total. The van der Waals surface area contributed by atoms with Gasteiger partial charge in [0, 0.05) is 29.6 Å². The smallest absolute Gasteiger partial charge is 0.280 e. The largest absolute Gasteiger partial charge is 0.321 e. The van der Waals surface area contributed by atoms with Crippen LogP contribution in [0.25, 0.3) is 5.65 Å². The molecule has 1 aliphatic carbocycles. The van der Waals surface area contributed by atoms with Crippen molar-refractivity contribution in [2.45, 2.75) is 31.7 Å². The van der Waals surface area contributed by atoms with Gasteiger partial charge < -0.3 is 5.32 Å². The van der Waals surface area contributed by atoms with Crippen LogP contribution in [0.5, 0.6) is 0 Å². The van der Waals surface area contributed by atoms with E-state index >= 15 is 0 Å². The zero-order valence-corrected chi connectivity index (χ0v) is 17.8. The molecule has 1 aliphatic rings. The fourth-order valence-corrected chi connectivity index (χ4v) is 3.76. The Hall–Kier alpha value is -3.14. The fourth-order valence-electron chi connectivity index (χ4n) is 3.43. The van der Waals surface area contributed by atoms with Crippen molar-refractivity contribution in [3.05, 3.63) is 75.9 Å². The summed E-state index contributed by atoms with van der Waals surface area (Å²) >= 11 is 3.36. The number of halogens is 3. The van der Waals surface area contributed by atoms with Crippen LogP contribution in [0.4, 0.5) is 14.5 Å². The standard InChI is InChI=1S/C21H17BrF2N6O/c22-14-9-25-29(11-14)10-12-2-1-3-15(6-12)26-21(31)17-8-19-27-16(13-4-5-13)7-18(20(23)24)30(19)28-17/h1-3,6-9,11,13,20H,4-5,10H2,(H,26,31). The molecule has 5 rings (SSSR count). The number of nitrogens with one attached hydrogen (secondary N) is 1. The number of rotatable bonds is 6. The number of alkyl halides is 2. The summed E-state index contributed by atoms with van der Waals surface area (Å²) in [7, 11) is 0. The highest BCUT2D eigenvalue weighted by atomic mass is 79.9. The summed E-state index contributed by atoms with van der Waals surface area (Å²) in [6.07, 6.45) is 2.73. The number of nitrogens with zero attached hydrogens (tertiary/aromatic N) is 5. The Bertz CT molecular complexity index is 1280. The van der Waals surface area contributed by atoms with Crippen LogP contribution in [-0.4, -0.2) is 30.3 Å². The van der Waals surface area contributed by atoms with Gasteiger partial charge in [-0.2, -0.15) is 10.2 Å².